The van der Waals surface area contributed by atoms with E-state index in [-0.39, 0.29) is 25.7 Å². The molecule has 4 unspecified atom stereocenters. The Kier molecular flexibility index (Phi) is 61.3. The number of hydrogen-bond donors (Lipinski definition) is 3. The summed E-state index contributed by atoms with van der Waals surface area (Å²) >= 11 is 0. The maximum atomic E-state index is 13.0. The number of esters is 4. The smallest absolute Gasteiger partial charge is 0.462 e. The maximum Gasteiger partial charge on any atom is 0.472 e. The molecule has 546 valence electrons. The quantitative estimate of drug-likeness (QED) is 0.0222. The zero-order valence-corrected chi connectivity index (χ0v) is 62.0. The van der Waals surface area contributed by atoms with E-state index in [1.807, 2.05) is 0 Å². The lowest BCUT2D eigenvalue weighted by molar-refractivity contribution is -0.161. The molecule has 92 heavy (non-hydrogen) atoms. The number of aliphatic hydroxyl groups is 1. The van der Waals surface area contributed by atoms with Gasteiger partial charge in [-0.3, -0.25) is 37.3 Å². The molecule has 0 saturated carbocycles. The number of phosphoric acid groups is 2. The number of hydrogen-bond acceptors (Lipinski definition) is 15. The fourth-order valence-electron chi connectivity index (χ4n) is 11.0. The molecule has 0 amide bonds. The van der Waals surface area contributed by atoms with Crippen LogP contribution in [-0.4, -0.2) is 96.7 Å². The van der Waals surface area contributed by atoms with Crippen molar-refractivity contribution in [2.75, 3.05) is 39.6 Å². The fraction of sp³-hybridized carbons (Fsp3) is 0.945. The van der Waals surface area contributed by atoms with Crippen molar-refractivity contribution in [3.63, 3.8) is 0 Å². The second-order valence-corrected chi connectivity index (χ2v) is 30.9. The third-order valence-corrected chi connectivity index (χ3v) is 19.1. The topological polar surface area (TPSA) is 237 Å². The fourth-order valence-corrected chi connectivity index (χ4v) is 12.6. The predicted molar refractivity (Wildman–Crippen MR) is 372 cm³/mol. The van der Waals surface area contributed by atoms with Crippen molar-refractivity contribution in [3.8, 4) is 0 Å². The van der Waals surface area contributed by atoms with Crippen LogP contribution in [0, 0.1) is 23.7 Å². The van der Waals surface area contributed by atoms with Gasteiger partial charge in [-0.15, -0.1) is 0 Å². The highest BCUT2D eigenvalue weighted by Gasteiger charge is 2.30. The highest BCUT2D eigenvalue weighted by molar-refractivity contribution is 7.47. The van der Waals surface area contributed by atoms with E-state index in [1.165, 1.54) is 167 Å². The van der Waals surface area contributed by atoms with Gasteiger partial charge in [0, 0.05) is 25.7 Å². The number of unbranched alkanes of at least 4 members (excludes halogenated alkanes) is 35. The molecule has 0 aromatic heterocycles. The van der Waals surface area contributed by atoms with Gasteiger partial charge in [-0.2, -0.15) is 0 Å². The molecule has 0 spiro atoms. The molecule has 0 radical (unpaired) electrons. The molecule has 0 fully saturated rings. The summed E-state index contributed by atoms with van der Waals surface area (Å²) in [6.07, 6.45) is 45.7. The van der Waals surface area contributed by atoms with Crippen LogP contribution in [0.2, 0.25) is 0 Å². The Morgan fingerprint density at radius 1 is 0.304 bits per heavy atom. The summed E-state index contributed by atoms with van der Waals surface area (Å²) in [7, 11) is -9.91. The van der Waals surface area contributed by atoms with E-state index in [1.54, 1.807) is 0 Å². The number of rotatable bonds is 70. The van der Waals surface area contributed by atoms with Crippen LogP contribution in [-0.2, 0) is 65.4 Å². The van der Waals surface area contributed by atoms with Crippen molar-refractivity contribution in [1.29, 1.82) is 0 Å². The Bertz CT molecular complexity index is 1820. The zero-order chi connectivity index (χ0) is 68.2. The summed E-state index contributed by atoms with van der Waals surface area (Å²) in [6, 6.07) is 0. The number of carbonyl (C=O) groups excluding carboxylic acids is 4. The van der Waals surface area contributed by atoms with E-state index in [2.05, 4.69) is 55.4 Å². The molecule has 0 aliphatic carbocycles. The monoisotopic (exact) mass is 1350 g/mol. The van der Waals surface area contributed by atoms with E-state index in [4.69, 9.17) is 37.0 Å². The van der Waals surface area contributed by atoms with Crippen molar-refractivity contribution in [1.82, 2.24) is 0 Å². The molecule has 0 rings (SSSR count). The molecule has 0 aromatic carbocycles. The normalized spacial score (nSPS) is 14.5. The molecular formula is C73H142O17P2. The van der Waals surface area contributed by atoms with Gasteiger partial charge in [0.2, 0.25) is 0 Å². The van der Waals surface area contributed by atoms with Gasteiger partial charge >= 0.3 is 39.5 Å². The SMILES string of the molecule is CCC(C)CCCCCCCCCCC(=O)OC[C@H](COP(=O)(O)OCC(O)COP(=O)(O)OC[C@@H](COC(=O)CCCCCCCCCCC(C)C)OC(=O)CCCCCCCCCCCCCC(C)C)OC(=O)CCCCCCCCCCCCCCC(C)C. The van der Waals surface area contributed by atoms with Crippen LogP contribution in [0.4, 0.5) is 0 Å². The van der Waals surface area contributed by atoms with E-state index < -0.39 is 97.5 Å². The third kappa shape index (κ3) is 65.4. The minimum absolute atomic E-state index is 0.105. The molecule has 19 heteroatoms. The predicted octanol–water partition coefficient (Wildman–Crippen LogP) is 20.9. The first kappa shape index (κ1) is 90.1. The van der Waals surface area contributed by atoms with Crippen molar-refractivity contribution < 1.29 is 80.2 Å². The highest BCUT2D eigenvalue weighted by Crippen LogP contribution is 2.45. The summed E-state index contributed by atoms with van der Waals surface area (Å²) in [4.78, 5) is 72.7. The summed E-state index contributed by atoms with van der Waals surface area (Å²) in [6.45, 7) is 14.2. The first-order valence-electron chi connectivity index (χ1n) is 37.7. The highest BCUT2D eigenvalue weighted by atomic mass is 31.2. The standard InChI is InChI=1S/C73H142O17P2/c1-9-66(8)52-44-36-28-22-24-30-38-46-54-71(76)84-60-69(89-72(77)55-47-39-31-19-15-11-10-13-17-25-33-41-49-63(2)3)62-88-92(81,82)86-58-67(74)57-85-91(79,80)87-61-68(59-83-70(75)53-45-37-29-23-21-27-35-43-51-65(6)7)90-73(78)56-48-40-32-20-16-12-14-18-26-34-42-50-64(4)5/h63-69,74H,9-62H2,1-8H3,(H,79,80)(H,81,82)/t66?,67?,68-,69-/m1/s1. The maximum absolute atomic E-state index is 13.0. The van der Waals surface area contributed by atoms with Crippen LogP contribution in [0.1, 0.15) is 364 Å². The molecule has 0 saturated heterocycles. The van der Waals surface area contributed by atoms with E-state index in [9.17, 15) is 43.2 Å². The Hall–Kier alpha value is -1.94. The van der Waals surface area contributed by atoms with Crippen LogP contribution < -0.4 is 0 Å². The molecule has 0 aliphatic rings. The van der Waals surface area contributed by atoms with Gasteiger partial charge in [-0.25, -0.2) is 9.13 Å². The van der Waals surface area contributed by atoms with Crippen LogP contribution in [0.5, 0.6) is 0 Å². The van der Waals surface area contributed by atoms with E-state index in [0.717, 1.165) is 114 Å². The van der Waals surface area contributed by atoms with Gasteiger partial charge in [0.25, 0.3) is 0 Å². The number of aliphatic hydroxyl groups excluding tert-OH is 1. The van der Waals surface area contributed by atoms with E-state index >= 15 is 0 Å². The Balaban J connectivity index is 5.27. The molecule has 3 N–H and O–H groups in total. The van der Waals surface area contributed by atoms with Gasteiger partial charge in [0.15, 0.2) is 12.2 Å². The van der Waals surface area contributed by atoms with Crippen LogP contribution in [0.3, 0.4) is 0 Å². The van der Waals surface area contributed by atoms with Gasteiger partial charge < -0.3 is 33.8 Å². The molecular weight excluding hydrogens is 1210 g/mol. The summed E-state index contributed by atoms with van der Waals surface area (Å²) in [5, 5.41) is 10.6. The molecule has 0 aromatic rings. The zero-order valence-electron chi connectivity index (χ0n) is 60.2. The van der Waals surface area contributed by atoms with Crippen LogP contribution in [0.25, 0.3) is 0 Å². The van der Waals surface area contributed by atoms with Crippen molar-refractivity contribution in [3.05, 3.63) is 0 Å². The van der Waals surface area contributed by atoms with Gasteiger partial charge in [-0.1, -0.05) is 312 Å². The number of carbonyl (C=O) groups is 4. The second kappa shape index (κ2) is 62.6. The van der Waals surface area contributed by atoms with E-state index in [0.29, 0.717) is 25.7 Å². The third-order valence-electron chi connectivity index (χ3n) is 17.2. The van der Waals surface area contributed by atoms with Gasteiger partial charge in [0.05, 0.1) is 26.4 Å². The Morgan fingerprint density at radius 2 is 0.522 bits per heavy atom. The molecule has 0 bridgehead atoms. The summed E-state index contributed by atoms with van der Waals surface area (Å²) in [5.74, 6) is 0.921. The lowest BCUT2D eigenvalue weighted by Gasteiger charge is -2.21. The first-order chi connectivity index (χ1) is 44.1. The summed E-state index contributed by atoms with van der Waals surface area (Å²) < 4.78 is 68.4. The average molecular weight is 1350 g/mol. The lowest BCUT2D eigenvalue weighted by Crippen LogP contribution is -2.30. The molecule has 6 atom stereocenters. The molecule has 0 heterocycles. The summed E-state index contributed by atoms with van der Waals surface area (Å²) in [5.41, 5.74) is 0. The van der Waals surface area contributed by atoms with Crippen LogP contribution in [0.15, 0.2) is 0 Å². The number of phosphoric ester groups is 2. The Labute approximate surface area is 562 Å². The van der Waals surface area contributed by atoms with Crippen molar-refractivity contribution in [2.45, 2.75) is 382 Å². The molecule has 0 aliphatic heterocycles. The van der Waals surface area contributed by atoms with Gasteiger partial charge in [0.1, 0.15) is 19.3 Å². The number of ether oxygens (including phenoxy) is 4. The van der Waals surface area contributed by atoms with Crippen LogP contribution >= 0.6 is 15.6 Å². The Morgan fingerprint density at radius 3 is 0.772 bits per heavy atom. The first-order valence-corrected chi connectivity index (χ1v) is 40.7. The molecule has 17 nitrogen and oxygen atoms in total. The lowest BCUT2D eigenvalue weighted by atomic mass is 9.99. The van der Waals surface area contributed by atoms with Crippen molar-refractivity contribution in [2.24, 2.45) is 23.7 Å². The van der Waals surface area contributed by atoms with Crippen molar-refractivity contribution >= 4 is 39.5 Å². The van der Waals surface area contributed by atoms with Gasteiger partial charge in [-0.05, 0) is 49.4 Å². The minimum atomic E-state index is -4.96. The minimum Gasteiger partial charge on any atom is -0.462 e. The second-order valence-electron chi connectivity index (χ2n) is 28.0. The largest absolute Gasteiger partial charge is 0.472 e. The average Bonchev–Trinajstić information content (AvgIpc) is 2.23.